The minimum Gasteiger partial charge on any atom is -0.508 e. The molecule has 0 heterocycles. The van der Waals surface area contributed by atoms with Gasteiger partial charge in [0.05, 0.1) is 0 Å². The van der Waals surface area contributed by atoms with Crippen molar-refractivity contribution in [3.8, 4) is 17.2 Å². The van der Waals surface area contributed by atoms with Crippen LogP contribution in [0, 0.1) is 5.92 Å². The summed E-state index contributed by atoms with van der Waals surface area (Å²) < 4.78 is 5.46. The number of aliphatic hydroxyl groups is 1. The van der Waals surface area contributed by atoms with Gasteiger partial charge in [0, 0.05) is 31.1 Å². The first-order valence-corrected chi connectivity index (χ1v) is 7.84. The second-order valence-electron chi connectivity index (χ2n) is 6.39. The van der Waals surface area contributed by atoms with Gasteiger partial charge in [-0.3, -0.25) is 4.79 Å². The number of Topliss-reactive ketones (excluding diaryl/α,β-unsaturated/α-hetero) is 1. The summed E-state index contributed by atoms with van der Waals surface area (Å²) in [6.07, 6.45) is -0.512. The molecule has 0 aliphatic carbocycles. The van der Waals surface area contributed by atoms with Crippen molar-refractivity contribution in [2.45, 2.75) is 46.3 Å². The first-order chi connectivity index (χ1) is 10.7. The van der Waals surface area contributed by atoms with Crippen molar-refractivity contribution in [2.24, 2.45) is 5.92 Å². The Morgan fingerprint density at radius 3 is 2.43 bits per heavy atom. The highest BCUT2D eigenvalue weighted by molar-refractivity contribution is 6.01. The molecule has 0 aliphatic rings. The maximum absolute atomic E-state index is 12.3. The van der Waals surface area contributed by atoms with Crippen LogP contribution >= 0.6 is 0 Å². The van der Waals surface area contributed by atoms with Crippen molar-refractivity contribution in [1.29, 1.82) is 0 Å². The number of nitrogens with one attached hydrogen (secondary N) is 1. The first-order valence-electron chi connectivity index (χ1n) is 7.84. The summed E-state index contributed by atoms with van der Waals surface area (Å²) in [5, 5.41) is 32.5. The zero-order valence-corrected chi connectivity index (χ0v) is 14.2. The molecular weight excluding hydrogens is 298 g/mol. The molecule has 4 N–H and O–H groups in total. The second kappa shape index (κ2) is 8.74. The number of carbonyl (C=O) groups excluding carboxylic acids is 1. The van der Waals surface area contributed by atoms with Gasteiger partial charge in [0.15, 0.2) is 5.78 Å². The number of ether oxygens (including phenoxy) is 1. The molecule has 1 unspecified atom stereocenters. The molecule has 0 saturated carbocycles. The Balaban J connectivity index is 2.86. The van der Waals surface area contributed by atoms with Crippen LogP contribution in [0.4, 0.5) is 0 Å². The third-order valence-corrected chi connectivity index (χ3v) is 3.13. The summed E-state index contributed by atoms with van der Waals surface area (Å²) in [6, 6.07) is 2.62. The smallest absolute Gasteiger partial charge is 0.170 e. The van der Waals surface area contributed by atoms with E-state index in [0.29, 0.717) is 6.54 Å². The van der Waals surface area contributed by atoms with Crippen LogP contribution in [0.5, 0.6) is 17.2 Å². The third-order valence-electron chi connectivity index (χ3n) is 3.13. The quantitative estimate of drug-likeness (QED) is 0.519. The van der Waals surface area contributed by atoms with E-state index in [9.17, 15) is 20.1 Å². The number of carbonyl (C=O) groups is 1. The highest BCUT2D eigenvalue weighted by Gasteiger charge is 2.21. The van der Waals surface area contributed by atoms with Crippen molar-refractivity contribution in [3.63, 3.8) is 0 Å². The Hall–Kier alpha value is -1.79. The highest BCUT2D eigenvalue weighted by atomic mass is 16.5. The molecule has 0 saturated heterocycles. The van der Waals surface area contributed by atoms with Crippen LogP contribution in [0.3, 0.4) is 0 Å². The zero-order chi connectivity index (χ0) is 17.6. The van der Waals surface area contributed by atoms with Crippen LogP contribution in [-0.2, 0) is 0 Å². The van der Waals surface area contributed by atoms with Crippen LogP contribution in [-0.4, -0.2) is 46.4 Å². The van der Waals surface area contributed by atoms with Crippen molar-refractivity contribution < 1.29 is 24.9 Å². The molecule has 0 aliphatic heterocycles. The summed E-state index contributed by atoms with van der Waals surface area (Å²) in [5.74, 6) is -0.572. The molecule has 1 aromatic rings. The fraction of sp³-hybridized carbons (Fsp3) is 0.588. The number of aromatic hydroxyl groups is 2. The van der Waals surface area contributed by atoms with Crippen LogP contribution in [0.25, 0.3) is 0 Å². The van der Waals surface area contributed by atoms with E-state index in [1.807, 2.05) is 27.7 Å². The van der Waals surface area contributed by atoms with E-state index in [4.69, 9.17) is 4.74 Å². The number of aliphatic hydroxyl groups excluding tert-OH is 1. The fourth-order valence-electron chi connectivity index (χ4n) is 2.07. The van der Waals surface area contributed by atoms with Gasteiger partial charge in [0.2, 0.25) is 0 Å². The lowest BCUT2D eigenvalue weighted by Gasteiger charge is -2.17. The lowest BCUT2D eigenvalue weighted by molar-refractivity contribution is 0.0930. The van der Waals surface area contributed by atoms with E-state index in [-0.39, 0.29) is 53.6 Å². The standard InChI is InChI=1S/C17H27NO5/c1-10(2)5-14(21)17-15(22)6-12(19)7-16(17)23-9-13(20)8-18-11(3)4/h6-7,10-11,13,18-20,22H,5,8-9H2,1-4H3. The number of hydrogen-bond donors (Lipinski definition) is 4. The molecule has 0 spiro atoms. The first kappa shape index (κ1) is 19.3. The molecular formula is C17H27NO5. The van der Waals surface area contributed by atoms with E-state index >= 15 is 0 Å². The van der Waals surface area contributed by atoms with Crippen LogP contribution in [0.1, 0.15) is 44.5 Å². The molecule has 0 fully saturated rings. The van der Waals surface area contributed by atoms with Gasteiger partial charge >= 0.3 is 0 Å². The van der Waals surface area contributed by atoms with E-state index < -0.39 is 6.10 Å². The van der Waals surface area contributed by atoms with Gasteiger partial charge in [-0.1, -0.05) is 27.7 Å². The van der Waals surface area contributed by atoms with Gasteiger partial charge in [-0.05, 0) is 5.92 Å². The maximum Gasteiger partial charge on any atom is 0.170 e. The monoisotopic (exact) mass is 325 g/mol. The maximum atomic E-state index is 12.3. The molecule has 1 atom stereocenters. The molecule has 1 aromatic carbocycles. The number of rotatable bonds is 9. The summed E-state index contributed by atoms with van der Waals surface area (Å²) in [6.45, 7) is 8.02. The largest absolute Gasteiger partial charge is 0.508 e. The minimum atomic E-state index is -0.769. The highest BCUT2D eigenvalue weighted by Crippen LogP contribution is 2.34. The predicted molar refractivity (Wildman–Crippen MR) is 88.2 cm³/mol. The Morgan fingerprint density at radius 1 is 1.22 bits per heavy atom. The summed E-state index contributed by atoms with van der Waals surface area (Å²) in [4.78, 5) is 12.3. The molecule has 6 nitrogen and oxygen atoms in total. The molecule has 0 amide bonds. The van der Waals surface area contributed by atoms with Gasteiger partial charge in [-0.25, -0.2) is 0 Å². The predicted octanol–water partition coefficient (Wildman–Crippen LogP) is 2.06. The Bertz CT molecular complexity index is 528. The Kier molecular flexibility index (Phi) is 7.32. The van der Waals surface area contributed by atoms with Gasteiger partial charge in [-0.2, -0.15) is 0 Å². The topological polar surface area (TPSA) is 99.0 Å². The number of hydrogen-bond acceptors (Lipinski definition) is 6. The van der Waals surface area contributed by atoms with E-state index in [2.05, 4.69) is 5.32 Å². The molecule has 0 radical (unpaired) electrons. The molecule has 0 aromatic heterocycles. The van der Waals surface area contributed by atoms with Crippen molar-refractivity contribution in [1.82, 2.24) is 5.32 Å². The van der Waals surface area contributed by atoms with Gasteiger partial charge in [-0.15, -0.1) is 0 Å². The molecule has 6 heteroatoms. The van der Waals surface area contributed by atoms with Crippen LogP contribution < -0.4 is 10.1 Å². The number of phenols is 2. The zero-order valence-electron chi connectivity index (χ0n) is 14.2. The molecule has 23 heavy (non-hydrogen) atoms. The minimum absolute atomic E-state index is 0.0421. The fourth-order valence-corrected chi connectivity index (χ4v) is 2.07. The van der Waals surface area contributed by atoms with Gasteiger partial charge < -0.3 is 25.4 Å². The summed E-state index contributed by atoms with van der Waals surface area (Å²) in [5.41, 5.74) is 0.0421. The number of ketones is 1. The van der Waals surface area contributed by atoms with Crippen molar-refractivity contribution >= 4 is 5.78 Å². The average Bonchev–Trinajstić information content (AvgIpc) is 2.41. The second-order valence-corrected chi connectivity index (χ2v) is 6.39. The normalized spacial score (nSPS) is 12.7. The Labute approximate surface area is 137 Å². The summed E-state index contributed by atoms with van der Waals surface area (Å²) >= 11 is 0. The van der Waals surface area contributed by atoms with Crippen LogP contribution in [0.2, 0.25) is 0 Å². The van der Waals surface area contributed by atoms with Crippen molar-refractivity contribution in [3.05, 3.63) is 17.7 Å². The van der Waals surface area contributed by atoms with E-state index in [1.54, 1.807) is 0 Å². The van der Waals surface area contributed by atoms with Gasteiger partial charge in [0.1, 0.15) is 35.5 Å². The molecule has 1 rings (SSSR count). The van der Waals surface area contributed by atoms with E-state index in [0.717, 1.165) is 6.07 Å². The number of benzene rings is 1. The average molecular weight is 325 g/mol. The van der Waals surface area contributed by atoms with E-state index in [1.165, 1.54) is 6.07 Å². The summed E-state index contributed by atoms with van der Waals surface area (Å²) in [7, 11) is 0. The molecule has 0 bridgehead atoms. The number of phenolic OH excluding ortho intramolecular Hbond substituents is 2. The van der Waals surface area contributed by atoms with Gasteiger partial charge in [0.25, 0.3) is 0 Å². The lowest BCUT2D eigenvalue weighted by Crippen LogP contribution is -2.35. The van der Waals surface area contributed by atoms with Crippen LogP contribution in [0.15, 0.2) is 12.1 Å². The lowest BCUT2D eigenvalue weighted by atomic mass is 9.99. The molecule has 130 valence electrons. The Morgan fingerprint density at radius 2 is 1.87 bits per heavy atom. The SMILES string of the molecule is CC(C)CC(=O)c1c(O)cc(O)cc1OCC(O)CNC(C)C. The third kappa shape index (κ3) is 6.46. The van der Waals surface area contributed by atoms with Crippen molar-refractivity contribution in [2.75, 3.05) is 13.2 Å².